The number of fused-ring (bicyclic) bond motifs is 2. The second kappa shape index (κ2) is 11.0. The highest BCUT2D eigenvalue weighted by Crippen LogP contribution is 2.36. The molecule has 9 nitrogen and oxygen atoms in total. The van der Waals surface area contributed by atoms with Crippen molar-refractivity contribution >= 4 is 33.3 Å². The van der Waals surface area contributed by atoms with Crippen LogP contribution in [0.15, 0.2) is 73.3 Å². The monoisotopic (exact) mass is 558 g/mol. The number of nitrogen functional groups attached to an aromatic ring is 1. The first-order valence-corrected chi connectivity index (χ1v) is 14.5. The van der Waals surface area contributed by atoms with Crippen LogP contribution in [0.5, 0.6) is 5.88 Å². The maximum Gasteiger partial charge on any atom is 0.222 e. The molecule has 0 amide bonds. The van der Waals surface area contributed by atoms with Crippen molar-refractivity contribution in [2.45, 2.75) is 38.8 Å². The smallest absolute Gasteiger partial charge is 0.222 e. The number of nitrogens with two attached hydrogens (primary N) is 1. The molecule has 2 N–H and O–H groups in total. The molecule has 1 atom stereocenters. The SMILES string of the molecule is COc1nccc2nc(-c3ccc(CN4CCC(n5ncc6c(N)ncnc65)CC4)cc3)c(C3=CCC(C)C=C3)cc12. The minimum absolute atomic E-state index is 0.313. The Kier molecular flexibility index (Phi) is 6.87. The molecule has 0 spiro atoms. The number of aromatic nitrogens is 6. The summed E-state index contributed by atoms with van der Waals surface area (Å²) in [7, 11) is 1.66. The fraction of sp³-hybridized carbons (Fsp3) is 0.303. The molecular formula is C33H34N8O. The van der Waals surface area contributed by atoms with Gasteiger partial charge in [-0.05, 0) is 48.4 Å². The third-order valence-corrected chi connectivity index (χ3v) is 8.48. The predicted octanol–water partition coefficient (Wildman–Crippen LogP) is 5.84. The zero-order chi connectivity index (χ0) is 28.6. The molecule has 1 fully saturated rings. The van der Waals surface area contributed by atoms with Crippen molar-refractivity contribution in [1.82, 2.24) is 34.6 Å². The summed E-state index contributed by atoms with van der Waals surface area (Å²) in [6.07, 6.45) is 14.9. The number of hydrogen-bond donors (Lipinski definition) is 1. The van der Waals surface area contributed by atoms with E-state index in [4.69, 9.17) is 15.5 Å². The van der Waals surface area contributed by atoms with Crippen LogP contribution in [-0.4, -0.2) is 54.8 Å². The summed E-state index contributed by atoms with van der Waals surface area (Å²) in [6.45, 7) is 5.15. The Morgan fingerprint density at radius 3 is 2.62 bits per heavy atom. The summed E-state index contributed by atoms with van der Waals surface area (Å²) >= 11 is 0. The van der Waals surface area contributed by atoms with Gasteiger partial charge in [-0.2, -0.15) is 5.10 Å². The summed E-state index contributed by atoms with van der Waals surface area (Å²) < 4.78 is 7.59. The zero-order valence-electron chi connectivity index (χ0n) is 23.9. The van der Waals surface area contributed by atoms with E-state index in [0.29, 0.717) is 23.7 Å². The molecule has 1 aliphatic carbocycles. The Hall–Kier alpha value is -4.63. The molecule has 0 saturated carbocycles. The summed E-state index contributed by atoms with van der Waals surface area (Å²) in [6, 6.07) is 13.3. The number of methoxy groups -OCH3 is 1. The predicted molar refractivity (Wildman–Crippen MR) is 166 cm³/mol. The van der Waals surface area contributed by atoms with Crippen LogP contribution in [-0.2, 0) is 6.54 Å². The number of allylic oxidation sites excluding steroid dienone is 4. The first-order chi connectivity index (χ1) is 20.6. The van der Waals surface area contributed by atoms with Crippen molar-refractivity contribution in [2.75, 3.05) is 25.9 Å². The van der Waals surface area contributed by atoms with Crippen molar-refractivity contribution in [3.05, 3.63) is 84.5 Å². The molecule has 1 saturated heterocycles. The van der Waals surface area contributed by atoms with Gasteiger partial charge in [0.05, 0.1) is 41.3 Å². The molecule has 4 aromatic heterocycles. The fourth-order valence-electron chi connectivity index (χ4n) is 6.10. The lowest BCUT2D eigenvalue weighted by Gasteiger charge is -2.32. The highest BCUT2D eigenvalue weighted by atomic mass is 16.5. The Balaban J connectivity index is 1.10. The van der Waals surface area contributed by atoms with E-state index in [1.165, 1.54) is 17.5 Å². The summed E-state index contributed by atoms with van der Waals surface area (Å²) in [5.41, 5.74) is 13.4. The van der Waals surface area contributed by atoms with Crippen LogP contribution >= 0.6 is 0 Å². The number of pyridine rings is 2. The van der Waals surface area contributed by atoms with E-state index in [0.717, 1.165) is 77.7 Å². The number of anilines is 1. The van der Waals surface area contributed by atoms with E-state index in [1.807, 2.05) is 10.7 Å². The van der Waals surface area contributed by atoms with Crippen LogP contribution in [0.3, 0.4) is 0 Å². The number of nitrogens with zero attached hydrogens (tertiary/aromatic N) is 7. The van der Waals surface area contributed by atoms with Gasteiger partial charge in [0, 0.05) is 37.0 Å². The van der Waals surface area contributed by atoms with Crippen LogP contribution in [0.4, 0.5) is 5.82 Å². The van der Waals surface area contributed by atoms with E-state index in [2.05, 4.69) is 80.4 Å². The molecule has 2 aliphatic rings. The summed E-state index contributed by atoms with van der Waals surface area (Å²) in [5.74, 6) is 1.62. The van der Waals surface area contributed by atoms with Gasteiger partial charge < -0.3 is 10.5 Å². The lowest BCUT2D eigenvalue weighted by atomic mass is 9.91. The second-order valence-electron chi connectivity index (χ2n) is 11.3. The normalized spacial score (nSPS) is 18.0. The van der Waals surface area contributed by atoms with Gasteiger partial charge in [-0.1, -0.05) is 49.4 Å². The minimum atomic E-state index is 0.313. The Morgan fingerprint density at radius 2 is 1.86 bits per heavy atom. The van der Waals surface area contributed by atoms with E-state index >= 15 is 0 Å². The number of benzene rings is 1. The quantitative estimate of drug-likeness (QED) is 0.277. The zero-order valence-corrected chi connectivity index (χ0v) is 23.9. The van der Waals surface area contributed by atoms with Gasteiger partial charge in [0.25, 0.3) is 0 Å². The van der Waals surface area contributed by atoms with Crippen LogP contribution < -0.4 is 10.5 Å². The molecule has 1 aromatic carbocycles. The van der Waals surface area contributed by atoms with E-state index in [9.17, 15) is 0 Å². The average Bonchev–Trinajstić information content (AvgIpc) is 3.47. The number of hydrogen-bond acceptors (Lipinski definition) is 8. The number of piperidine rings is 1. The maximum absolute atomic E-state index is 6.01. The maximum atomic E-state index is 6.01. The first kappa shape index (κ1) is 26.3. The standard InChI is InChI=1S/C33H34N8O/c1-21-3-7-23(8-4-21)26-17-27-29(11-14-35-33(27)42-2)39-30(26)24-9-5-22(6-10-24)19-40-15-12-25(13-16-40)41-32-28(18-38-41)31(34)36-20-37-32/h3,5-11,14,17-18,20-21,25H,4,12-13,15-16,19H2,1-2H3,(H2,34,36,37). The van der Waals surface area contributed by atoms with E-state index in [1.54, 1.807) is 19.5 Å². The average molecular weight is 559 g/mol. The Labute approximate surface area is 244 Å². The first-order valence-electron chi connectivity index (χ1n) is 14.5. The van der Waals surface area contributed by atoms with Crippen LogP contribution in [0, 0.1) is 5.92 Å². The van der Waals surface area contributed by atoms with Crippen molar-refractivity contribution in [3.8, 4) is 17.1 Å². The third-order valence-electron chi connectivity index (χ3n) is 8.48. The minimum Gasteiger partial charge on any atom is -0.481 e. The van der Waals surface area contributed by atoms with Crippen LogP contribution in [0.1, 0.15) is 43.4 Å². The number of likely N-dealkylation sites (tertiary alicyclic amines) is 1. The molecule has 42 heavy (non-hydrogen) atoms. The van der Waals surface area contributed by atoms with Gasteiger partial charge in [-0.3, -0.25) is 4.90 Å². The molecule has 7 rings (SSSR count). The number of ether oxygens (including phenoxy) is 1. The van der Waals surface area contributed by atoms with Gasteiger partial charge in [0.1, 0.15) is 12.1 Å². The van der Waals surface area contributed by atoms with Gasteiger partial charge >= 0.3 is 0 Å². The molecule has 5 heterocycles. The molecule has 0 bridgehead atoms. The molecule has 0 radical (unpaired) electrons. The second-order valence-corrected chi connectivity index (χ2v) is 11.3. The van der Waals surface area contributed by atoms with Gasteiger partial charge in [0.15, 0.2) is 5.65 Å². The summed E-state index contributed by atoms with van der Waals surface area (Å²) in [5, 5.41) is 6.34. The van der Waals surface area contributed by atoms with Crippen LogP contribution in [0.25, 0.3) is 38.8 Å². The van der Waals surface area contributed by atoms with Crippen molar-refractivity contribution in [2.24, 2.45) is 5.92 Å². The topological polar surface area (TPSA) is 108 Å². The van der Waals surface area contributed by atoms with Crippen molar-refractivity contribution in [3.63, 3.8) is 0 Å². The van der Waals surface area contributed by atoms with E-state index in [-0.39, 0.29) is 0 Å². The third kappa shape index (κ3) is 4.90. The molecule has 1 aliphatic heterocycles. The van der Waals surface area contributed by atoms with Crippen molar-refractivity contribution in [1.29, 1.82) is 0 Å². The van der Waals surface area contributed by atoms with Gasteiger partial charge in [-0.15, -0.1) is 0 Å². The van der Waals surface area contributed by atoms with Gasteiger partial charge in [0.2, 0.25) is 5.88 Å². The molecule has 5 aromatic rings. The largest absolute Gasteiger partial charge is 0.481 e. The van der Waals surface area contributed by atoms with E-state index < -0.39 is 0 Å². The lowest BCUT2D eigenvalue weighted by Crippen LogP contribution is -2.34. The Morgan fingerprint density at radius 1 is 1.02 bits per heavy atom. The molecule has 9 heteroatoms. The van der Waals surface area contributed by atoms with Crippen LogP contribution in [0.2, 0.25) is 0 Å². The lowest BCUT2D eigenvalue weighted by molar-refractivity contribution is 0.175. The highest BCUT2D eigenvalue weighted by molar-refractivity contribution is 5.94. The summed E-state index contributed by atoms with van der Waals surface area (Å²) in [4.78, 5) is 20.6. The molecule has 1 unspecified atom stereocenters. The van der Waals surface area contributed by atoms with Gasteiger partial charge in [-0.25, -0.2) is 24.6 Å². The molecular weight excluding hydrogens is 524 g/mol. The number of rotatable bonds is 6. The highest BCUT2D eigenvalue weighted by Gasteiger charge is 2.24. The Bertz CT molecular complexity index is 1820. The fourth-order valence-corrected chi connectivity index (χ4v) is 6.10. The molecule has 212 valence electrons. The van der Waals surface area contributed by atoms with Crippen molar-refractivity contribution < 1.29 is 4.74 Å².